The zero-order chi connectivity index (χ0) is 21.3. The second kappa shape index (κ2) is 7.78. The van der Waals surface area contributed by atoms with Gasteiger partial charge in [0.15, 0.2) is 11.2 Å². The molecular formula is C21H19FN6O2. The predicted molar refractivity (Wildman–Crippen MR) is 113 cm³/mol. The third-order valence-corrected chi connectivity index (χ3v) is 4.78. The van der Waals surface area contributed by atoms with E-state index in [0.29, 0.717) is 5.95 Å². The van der Waals surface area contributed by atoms with Crippen molar-refractivity contribution in [3.05, 3.63) is 92.4 Å². The van der Waals surface area contributed by atoms with Gasteiger partial charge in [-0.05, 0) is 23.3 Å². The summed E-state index contributed by atoms with van der Waals surface area (Å²) in [6.45, 7) is 0.243. The Labute approximate surface area is 170 Å². The molecule has 0 aliphatic carbocycles. The van der Waals surface area contributed by atoms with E-state index in [0.717, 1.165) is 15.7 Å². The number of benzene rings is 2. The predicted octanol–water partition coefficient (Wildman–Crippen LogP) is 2.07. The first-order chi connectivity index (χ1) is 14.5. The summed E-state index contributed by atoms with van der Waals surface area (Å²) in [5, 5.41) is 4.21. The highest BCUT2D eigenvalue weighted by Gasteiger charge is 2.19. The number of nitrogens with one attached hydrogen (secondary N) is 1. The lowest BCUT2D eigenvalue weighted by Gasteiger charge is -2.09. The number of fused-ring (bicyclic) bond motifs is 1. The molecular weight excluding hydrogens is 387 g/mol. The van der Waals surface area contributed by atoms with E-state index < -0.39 is 11.2 Å². The summed E-state index contributed by atoms with van der Waals surface area (Å²) in [5.74, 6) is -0.0573. The smallest absolute Gasteiger partial charge is 0.298 e. The van der Waals surface area contributed by atoms with Crippen molar-refractivity contribution in [3.8, 4) is 0 Å². The van der Waals surface area contributed by atoms with Gasteiger partial charge in [-0.3, -0.25) is 18.5 Å². The van der Waals surface area contributed by atoms with Crippen molar-refractivity contribution in [1.29, 1.82) is 0 Å². The molecule has 0 unspecified atom stereocenters. The topological polar surface area (TPSA) is 86.2 Å². The molecule has 8 nitrogen and oxygen atoms in total. The quantitative estimate of drug-likeness (QED) is 0.406. The van der Waals surface area contributed by atoms with Gasteiger partial charge in [0, 0.05) is 14.1 Å². The minimum atomic E-state index is -0.474. The van der Waals surface area contributed by atoms with Crippen LogP contribution in [0.1, 0.15) is 11.1 Å². The largest absolute Gasteiger partial charge is 0.332 e. The van der Waals surface area contributed by atoms with Crippen molar-refractivity contribution in [2.75, 3.05) is 5.43 Å². The van der Waals surface area contributed by atoms with E-state index in [1.54, 1.807) is 30.0 Å². The van der Waals surface area contributed by atoms with Crippen LogP contribution in [0, 0.1) is 5.82 Å². The standard InChI is InChI=1S/C21H19FN6O2/c1-26-18-17(19(29)27(2)21(26)30)28(13-15-8-10-16(22)11-9-15)20(24-18)25-23-12-14-6-4-3-5-7-14/h3-12H,13H2,1-2H3,(H,24,25)/b23-12+. The van der Waals surface area contributed by atoms with Gasteiger partial charge in [0.1, 0.15) is 5.82 Å². The number of hydrazone groups is 1. The minimum absolute atomic E-state index is 0.239. The van der Waals surface area contributed by atoms with Crippen molar-refractivity contribution in [2.45, 2.75) is 6.54 Å². The fraction of sp³-hybridized carbons (Fsp3) is 0.143. The average Bonchev–Trinajstić information content (AvgIpc) is 3.11. The number of halogens is 1. The Morgan fingerprint density at radius 3 is 2.43 bits per heavy atom. The molecule has 2 aromatic carbocycles. The summed E-state index contributed by atoms with van der Waals surface area (Å²) in [5.41, 5.74) is 4.06. The monoisotopic (exact) mass is 406 g/mol. The lowest BCUT2D eigenvalue weighted by atomic mass is 10.2. The lowest BCUT2D eigenvalue weighted by molar-refractivity contribution is 0.626. The molecule has 0 amide bonds. The second-order valence-corrected chi connectivity index (χ2v) is 6.81. The van der Waals surface area contributed by atoms with Crippen LogP contribution in [0.15, 0.2) is 69.3 Å². The van der Waals surface area contributed by atoms with E-state index in [-0.39, 0.29) is 23.5 Å². The van der Waals surface area contributed by atoms with Crippen LogP contribution in [0.25, 0.3) is 11.2 Å². The molecule has 2 aromatic heterocycles. The van der Waals surface area contributed by atoms with Crippen LogP contribution in [-0.2, 0) is 20.6 Å². The van der Waals surface area contributed by atoms with Gasteiger partial charge in [-0.15, -0.1) is 0 Å². The Morgan fingerprint density at radius 2 is 1.73 bits per heavy atom. The molecule has 0 spiro atoms. The summed E-state index contributed by atoms with van der Waals surface area (Å²) < 4.78 is 17.3. The Morgan fingerprint density at radius 1 is 1.03 bits per heavy atom. The molecule has 0 bridgehead atoms. The molecule has 0 radical (unpaired) electrons. The summed E-state index contributed by atoms with van der Waals surface area (Å²) in [6.07, 6.45) is 1.62. The summed E-state index contributed by atoms with van der Waals surface area (Å²) in [6, 6.07) is 15.4. The molecule has 0 fully saturated rings. The molecule has 9 heteroatoms. The van der Waals surface area contributed by atoms with E-state index in [1.165, 1.54) is 23.7 Å². The van der Waals surface area contributed by atoms with Crippen molar-refractivity contribution in [2.24, 2.45) is 19.2 Å². The van der Waals surface area contributed by atoms with Gasteiger partial charge in [-0.2, -0.15) is 10.1 Å². The van der Waals surface area contributed by atoms with E-state index >= 15 is 0 Å². The number of rotatable bonds is 5. The Balaban J connectivity index is 1.83. The molecule has 4 rings (SSSR count). The van der Waals surface area contributed by atoms with Crippen LogP contribution in [0.5, 0.6) is 0 Å². The molecule has 0 atom stereocenters. The maximum Gasteiger partial charge on any atom is 0.332 e. The van der Waals surface area contributed by atoms with Gasteiger partial charge in [0.25, 0.3) is 5.56 Å². The lowest BCUT2D eigenvalue weighted by Crippen LogP contribution is -2.37. The van der Waals surface area contributed by atoms with Crippen LogP contribution >= 0.6 is 0 Å². The highest BCUT2D eigenvalue weighted by atomic mass is 19.1. The maximum absolute atomic E-state index is 13.3. The first-order valence-corrected chi connectivity index (χ1v) is 9.20. The molecule has 0 saturated heterocycles. The van der Waals surface area contributed by atoms with E-state index in [1.807, 2.05) is 30.3 Å². The first-order valence-electron chi connectivity index (χ1n) is 9.20. The highest BCUT2D eigenvalue weighted by Crippen LogP contribution is 2.18. The van der Waals surface area contributed by atoms with Crippen LogP contribution in [-0.4, -0.2) is 24.9 Å². The second-order valence-electron chi connectivity index (χ2n) is 6.81. The van der Waals surface area contributed by atoms with Gasteiger partial charge in [-0.1, -0.05) is 42.5 Å². The van der Waals surface area contributed by atoms with Crippen LogP contribution < -0.4 is 16.7 Å². The summed E-state index contributed by atoms with van der Waals surface area (Å²) in [7, 11) is 2.97. The minimum Gasteiger partial charge on any atom is -0.298 e. The normalized spacial score (nSPS) is 11.4. The zero-order valence-electron chi connectivity index (χ0n) is 16.4. The van der Waals surface area contributed by atoms with E-state index in [4.69, 9.17) is 0 Å². The number of anilines is 1. The molecule has 0 aliphatic heterocycles. The SMILES string of the molecule is Cn1c(=O)c2c(nc(N/N=C/c3ccccc3)n2Cc2ccc(F)cc2)n(C)c1=O. The van der Waals surface area contributed by atoms with Crippen molar-refractivity contribution < 1.29 is 4.39 Å². The first kappa shape index (κ1) is 19.3. The summed E-state index contributed by atoms with van der Waals surface area (Å²) in [4.78, 5) is 29.6. The highest BCUT2D eigenvalue weighted by molar-refractivity contribution is 5.80. The van der Waals surface area contributed by atoms with Gasteiger partial charge in [0.05, 0.1) is 12.8 Å². The number of imidazole rings is 1. The fourth-order valence-corrected chi connectivity index (χ4v) is 3.16. The number of aryl methyl sites for hydroxylation is 1. The number of hydrogen-bond donors (Lipinski definition) is 1. The van der Waals surface area contributed by atoms with Crippen molar-refractivity contribution in [1.82, 2.24) is 18.7 Å². The number of nitrogens with zero attached hydrogens (tertiary/aromatic N) is 5. The van der Waals surface area contributed by atoms with Crippen molar-refractivity contribution in [3.63, 3.8) is 0 Å². The molecule has 152 valence electrons. The molecule has 0 aliphatic rings. The average molecular weight is 406 g/mol. The van der Waals surface area contributed by atoms with Gasteiger partial charge < -0.3 is 0 Å². The Hall–Kier alpha value is -4.01. The van der Waals surface area contributed by atoms with Crippen LogP contribution in [0.4, 0.5) is 10.3 Å². The number of hydrogen-bond acceptors (Lipinski definition) is 5. The van der Waals surface area contributed by atoms with Gasteiger partial charge >= 0.3 is 5.69 Å². The molecule has 1 N–H and O–H groups in total. The fourth-order valence-electron chi connectivity index (χ4n) is 3.16. The van der Waals surface area contributed by atoms with E-state index in [2.05, 4.69) is 15.5 Å². The molecule has 2 heterocycles. The van der Waals surface area contributed by atoms with Crippen molar-refractivity contribution >= 4 is 23.3 Å². The maximum atomic E-state index is 13.3. The molecule has 30 heavy (non-hydrogen) atoms. The zero-order valence-corrected chi connectivity index (χ0v) is 16.4. The van der Waals surface area contributed by atoms with E-state index in [9.17, 15) is 14.0 Å². The third-order valence-electron chi connectivity index (χ3n) is 4.78. The summed E-state index contributed by atoms with van der Waals surface area (Å²) >= 11 is 0. The molecule has 4 aromatic rings. The van der Waals surface area contributed by atoms with Gasteiger partial charge in [-0.25, -0.2) is 14.6 Å². The van der Waals surface area contributed by atoms with Crippen LogP contribution in [0.3, 0.4) is 0 Å². The van der Waals surface area contributed by atoms with Gasteiger partial charge in [0.2, 0.25) is 5.95 Å². The third kappa shape index (κ3) is 3.52. The molecule has 0 saturated carbocycles. The number of aromatic nitrogens is 4. The van der Waals surface area contributed by atoms with Crippen LogP contribution in [0.2, 0.25) is 0 Å². The Bertz CT molecular complexity index is 1350. The Kier molecular flexibility index (Phi) is 5.01.